The fourth-order valence-electron chi connectivity index (χ4n) is 1.56. The highest BCUT2D eigenvalue weighted by Gasteiger charge is 2.05. The van der Waals surface area contributed by atoms with Gasteiger partial charge in [-0.2, -0.15) is 4.98 Å². The third-order valence-corrected chi connectivity index (χ3v) is 3.43. The van der Waals surface area contributed by atoms with Gasteiger partial charge in [-0.1, -0.05) is 29.8 Å². The van der Waals surface area contributed by atoms with Crippen molar-refractivity contribution in [3.63, 3.8) is 0 Å². The molecule has 0 radical (unpaired) electrons. The van der Waals surface area contributed by atoms with E-state index in [2.05, 4.69) is 36.5 Å². The van der Waals surface area contributed by atoms with Crippen LogP contribution in [-0.2, 0) is 6.54 Å². The highest BCUT2D eigenvalue weighted by Crippen LogP contribution is 2.22. The predicted octanol–water partition coefficient (Wildman–Crippen LogP) is 3.94. The van der Waals surface area contributed by atoms with E-state index in [1.54, 1.807) is 6.20 Å². The molecule has 0 bridgehead atoms. The van der Waals surface area contributed by atoms with Gasteiger partial charge in [-0.15, -0.1) is 0 Å². The number of hydrogen-bond acceptors (Lipinski definition) is 4. The molecule has 1 heterocycles. The first-order valence-corrected chi connectivity index (χ1v) is 7.11. The molecule has 0 spiro atoms. The van der Waals surface area contributed by atoms with Crippen LogP contribution in [0.1, 0.15) is 12.5 Å². The largest absolute Gasteiger partial charge is 0.365 e. The second-order valence-electron chi connectivity index (χ2n) is 3.87. The first-order valence-electron chi connectivity index (χ1n) is 5.94. The van der Waals surface area contributed by atoms with E-state index < -0.39 is 0 Å². The van der Waals surface area contributed by atoms with Gasteiger partial charge in [0.05, 0.1) is 4.47 Å². The van der Waals surface area contributed by atoms with E-state index in [0.717, 1.165) is 27.4 Å². The Labute approximate surface area is 125 Å². The fourth-order valence-corrected chi connectivity index (χ4v) is 2.09. The molecule has 0 saturated heterocycles. The average Bonchev–Trinajstić information content (AvgIpc) is 2.41. The molecule has 0 amide bonds. The van der Waals surface area contributed by atoms with Crippen LogP contribution in [0.3, 0.4) is 0 Å². The molecule has 0 saturated carbocycles. The van der Waals surface area contributed by atoms with E-state index in [1.165, 1.54) is 0 Å². The molecule has 0 aliphatic rings. The third kappa shape index (κ3) is 3.81. The summed E-state index contributed by atoms with van der Waals surface area (Å²) in [5, 5.41) is 7.06. The van der Waals surface area contributed by atoms with Gasteiger partial charge in [0.1, 0.15) is 5.82 Å². The van der Waals surface area contributed by atoms with Gasteiger partial charge in [0.2, 0.25) is 5.95 Å². The van der Waals surface area contributed by atoms with Crippen molar-refractivity contribution >= 4 is 39.3 Å². The van der Waals surface area contributed by atoms with Gasteiger partial charge < -0.3 is 10.6 Å². The molecule has 100 valence electrons. The van der Waals surface area contributed by atoms with Crippen molar-refractivity contribution in [2.75, 3.05) is 17.2 Å². The van der Waals surface area contributed by atoms with Gasteiger partial charge in [0.25, 0.3) is 0 Å². The Bertz CT molecular complexity index is 562. The predicted molar refractivity (Wildman–Crippen MR) is 82.7 cm³/mol. The Hall–Kier alpha value is -1.33. The highest BCUT2D eigenvalue weighted by atomic mass is 79.9. The van der Waals surface area contributed by atoms with Gasteiger partial charge in [-0.25, -0.2) is 4.98 Å². The Balaban J connectivity index is 2.10. The number of aromatic nitrogens is 2. The molecule has 0 aliphatic heterocycles. The van der Waals surface area contributed by atoms with Crippen molar-refractivity contribution < 1.29 is 0 Å². The Morgan fingerprint density at radius 3 is 2.79 bits per heavy atom. The molecule has 2 rings (SSSR count). The first kappa shape index (κ1) is 14.1. The zero-order valence-electron chi connectivity index (χ0n) is 10.5. The lowest BCUT2D eigenvalue weighted by atomic mass is 10.2. The molecule has 4 nitrogen and oxygen atoms in total. The van der Waals surface area contributed by atoms with Crippen molar-refractivity contribution in [3.8, 4) is 0 Å². The van der Waals surface area contributed by atoms with Crippen LogP contribution in [0, 0.1) is 0 Å². The Morgan fingerprint density at radius 2 is 2.05 bits per heavy atom. The van der Waals surface area contributed by atoms with Crippen molar-refractivity contribution in [1.82, 2.24) is 9.97 Å². The number of halogens is 2. The second-order valence-corrected chi connectivity index (χ2v) is 5.13. The molecule has 0 aliphatic carbocycles. The maximum atomic E-state index is 6.11. The first-order chi connectivity index (χ1) is 9.20. The van der Waals surface area contributed by atoms with Gasteiger partial charge in [0.15, 0.2) is 0 Å². The summed E-state index contributed by atoms with van der Waals surface area (Å²) >= 11 is 9.54. The Morgan fingerprint density at radius 1 is 1.26 bits per heavy atom. The quantitative estimate of drug-likeness (QED) is 0.865. The molecule has 19 heavy (non-hydrogen) atoms. The smallest absolute Gasteiger partial charge is 0.224 e. The molecule has 6 heteroatoms. The van der Waals surface area contributed by atoms with Gasteiger partial charge >= 0.3 is 0 Å². The molecule has 2 N–H and O–H groups in total. The van der Waals surface area contributed by atoms with E-state index in [4.69, 9.17) is 11.6 Å². The van der Waals surface area contributed by atoms with E-state index in [1.807, 2.05) is 31.2 Å². The minimum Gasteiger partial charge on any atom is -0.365 e. The summed E-state index contributed by atoms with van der Waals surface area (Å²) < 4.78 is 0.821. The summed E-state index contributed by atoms with van der Waals surface area (Å²) in [4.78, 5) is 8.55. The standard InChI is InChI=1S/C13H14BrClN4/c1-2-16-13-18-8-10(14)12(19-13)17-7-9-5-3-4-6-11(9)15/h3-6,8H,2,7H2,1H3,(H2,16,17,18,19). The van der Waals surface area contributed by atoms with Crippen molar-refractivity contribution in [1.29, 1.82) is 0 Å². The van der Waals surface area contributed by atoms with Crippen molar-refractivity contribution in [2.45, 2.75) is 13.5 Å². The lowest BCUT2D eigenvalue weighted by Gasteiger charge is -2.10. The number of benzene rings is 1. The van der Waals surface area contributed by atoms with Crippen LogP contribution in [0.4, 0.5) is 11.8 Å². The zero-order chi connectivity index (χ0) is 13.7. The number of nitrogens with one attached hydrogen (secondary N) is 2. The summed E-state index contributed by atoms with van der Waals surface area (Å²) in [6, 6.07) is 7.73. The minimum absolute atomic E-state index is 0.604. The molecule has 0 fully saturated rings. The summed E-state index contributed by atoms with van der Waals surface area (Å²) in [6.07, 6.45) is 1.72. The minimum atomic E-state index is 0.604. The van der Waals surface area contributed by atoms with Gasteiger partial charge in [-0.3, -0.25) is 0 Å². The Kier molecular flexibility index (Phi) is 4.99. The van der Waals surface area contributed by atoms with Crippen molar-refractivity contribution in [3.05, 3.63) is 45.5 Å². The van der Waals surface area contributed by atoms with Crippen molar-refractivity contribution in [2.24, 2.45) is 0 Å². The summed E-state index contributed by atoms with van der Waals surface area (Å²) in [6.45, 7) is 3.40. The lowest BCUT2D eigenvalue weighted by Crippen LogP contribution is -2.07. The molecular weight excluding hydrogens is 328 g/mol. The average molecular weight is 342 g/mol. The monoisotopic (exact) mass is 340 g/mol. The second kappa shape index (κ2) is 6.73. The van der Waals surface area contributed by atoms with Crippen LogP contribution in [0.15, 0.2) is 34.9 Å². The fraction of sp³-hybridized carbons (Fsp3) is 0.231. The molecule has 0 atom stereocenters. The maximum absolute atomic E-state index is 6.11. The molecule has 1 aromatic heterocycles. The number of hydrogen-bond donors (Lipinski definition) is 2. The lowest BCUT2D eigenvalue weighted by molar-refractivity contribution is 1.04. The molecular formula is C13H14BrClN4. The third-order valence-electron chi connectivity index (χ3n) is 2.48. The van der Waals surface area contributed by atoms with Crippen LogP contribution in [0.2, 0.25) is 5.02 Å². The topological polar surface area (TPSA) is 49.8 Å². The van der Waals surface area contributed by atoms with E-state index in [-0.39, 0.29) is 0 Å². The van der Waals surface area contributed by atoms with E-state index >= 15 is 0 Å². The maximum Gasteiger partial charge on any atom is 0.224 e. The van der Waals surface area contributed by atoms with Crippen LogP contribution in [0.5, 0.6) is 0 Å². The summed E-state index contributed by atoms with van der Waals surface area (Å²) in [5.41, 5.74) is 1.03. The number of anilines is 2. The van der Waals surface area contributed by atoms with Gasteiger partial charge in [0, 0.05) is 24.3 Å². The van der Waals surface area contributed by atoms with Crippen LogP contribution >= 0.6 is 27.5 Å². The van der Waals surface area contributed by atoms with E-state index in [0.29, 0.717) is 12.5 Å². The number of rotatable bonds is 5. The number of nitrogens with zero attached hydrogens (tertiary/aromatic N) is 2. The van der Waals surface area contributed by atoms with E-state index in [9.17, 15) is 0 Å². The molecule has 2 aromatic rings. The zero-order valence-corrected chi connectivity index (χ0v) is 12.8. The molecule has 1 aromatic carbocycles. The van der Waals surface area contributed by atoms with Crippen LogP contribution in [0.25, 0.3) is 0 Å². The van der Waals surface area contributed by atoms with Crippen LogP contribution in [-0.4, -0.2) is 16.5 Å². The summed E-state index contributed by atoms with van der Waals surface area (Å²) in [7, 11) is 0. The van der Waals surface area contributed by atoms with Gasteiger partial charge in [-0.05, 0) is 34.5 Å². The van der Waals surface area contributed by atoms with Crippen LogP contribution < -0.4 is 10.6 Å². The normalized spacial score (nSPS) is 10.3. The highest BCUT2D eigenvalue weighted by molar-refractivity contribution is 9.10. The SMILES string of the molecule is CCNc1ncc(Br)c(NCc2ccccc2Cl)n1. The molecule has 0 unspecified atom stereocenters. The summed E-state index contributed by atoms with van der Waals surface area (Å²) in [5.74, 6) is 1.35.